The molecule has 1 aromatic carbocycles. The molecule has 3 rings (SSSR count). The highest BCUT2D eigenvalue weighted by Crippen LogP contribution is 2.40. The Kier molecular flexibility index (Phi) is 5.78. The molecule has 0 radical (unpaired) electrons. The van der Waals surface area contributed by atoms with Gasteiger partial charge < -0.3 is 10.6 Å². The van der Waals surface area contributed by atoms with E-state index in [2.05, 4.69) is 60.9 Å². The van der Waals surface area contributed by atoms with Gasteiger partial charge in [0.1, 0.15) is 0 Å². The molecule has 6 heteroatoms. The Hall–Kier alpha value is -1.82. The van der Waals surface area contributed by atoms with Gasteiger partial charge in [-0.1, -0.05) is 40.9 Å². The summed E-state index contributed by atoms with van der Waals surface area (Å²) >= 11 is 3.54. The molecule has 0 amide bonds. The second-order valence-corrected chi connectivity index (χ2v) is 7.71. The molecule has 0 unspecified atom stereocenters. The molecule has 134 valence electrons. The zero-order valence-electron chi connectivity index (χ0n) is 14.9. The molecule has 5 nitrogen and oxygen atoms in total. The van der Waals surface area contributed by atoms with Crippen molar-refractivity contribution >= 4 is 21.9 Å². The largest absolute Gasteiger partial charge is 0.356 e. The summed E-state index contributed by atoms with van der Waals surface area (Å²) in [4.78, 5) is 4.37. The van der Waals surface area contributed by atoms with E-state index in [4.69, 9.17) is 0 Å². The standard InChI is InChI=1S/C19H26BrN5/c1-21-18(22-11-15-12-24-25(2)13-15)23-14-19(9-3-4-10-19)16-5-7-17(20)8-6-16/h5-8,12-13H,3-4,9-11,14H2,1-2H3,(H2,21,22,23). The molecular weight excluding hydrogens is 378 g/mol. The molecule has 2 aromatic rings. The molecule has 0 atom stereocenters. The Labute approximate surface area is 158 Å². The average Bonchev–Trinajstić information content (AvgIpc) is 3.25. The van der Waals surface area contributed by atoms with Crippen LogP contribution >= 0.6 is 15.9 Å². The summed E-state index contributed by atoms with van der Waals surface area (Å²) in [5.74, 6) is 0.840. The maximum atomic E-state index is 4.37. The van der Waals surface area contributed by atoms with Gasteiger partial charge >= 0.3 is 0 Å². The fourth-order valence-corrected chi connectivity index (χ4v) is 3.91. The summed E-state index contributed by atoms with van der Waals surface area (Å²) in [6.07, 6.45) is 8.92. The highest BCUT2D eigenvalue weighted by molar-refractivity contribution is 9.10. The van der Waals surface area contributed by atoms with E-state index in [1.165, 1.54) is 31.2 Å². The van der Waals surface area contributed by atoms with Crippen LogP contribution in [0.2, 0.25) is 0 Å². The Morgan fingerprint density at radius 2 is 1.96 bits per heavy atom. The second kappa shape index (κ2) is 8.04. The van der Waals surface area contributed by atoms with Gasteiger partial charge in [0, 0.05) is 48.8 Å². The van der Waals surface area contributed by atoms with Crippen molar-refractivity contribution in [2.45, 2.75) is 37.6 Å². The van der Waals surface area contributed by atoms with Crippen molar-refractivity contribution in [1.29, 1.82) is 0 Å². The minimum Gasteiger partial charge on any atom is -0.356 e. The lowest BCUT2D eigenvalue weighted by molar-refractivity contribution is 0.431. The van der Waals surface area contributed by atoms with Crippen LogP contribution in [-0.2, 0) is 19.0 Å². The SMILES string of the molecule is CN=C(NCc1cnn(C)c1)NCC1(c2ccc(Br)cc2)CCCC1. The third kappa shape index (κ3) is 4.42. The Bertz CT molecular complexity index is 714. The van der Waals surface area contributed by atoms with E-state index >= 15 is 0 Å². The van der Waals surface area contributed by atoms with Gasteiger partial charge in [-0.15, -0.1) is 0 Å². The van der Waals surface area contributed by atoms with Crippen molar-refractivity contribution in [1.82, 2.24) is 20.4 Å². The number of aliphatic imine (C=N–C) groups is 1. The summed E-state index contributed by atoms with van der Waals surface area (Å²) < 4.78 is 2.94. The van der Waals surface area contributed by atoms with Gasteiger partial charge in [0.25, 0.3) is 0 Å². The molecule has 1 heterocycles. The third-order valence-corrected chi connectivity index (χ3v) is 5.58. The van der Waals surface area contributed by atoms with Crippen LogP contribution in [0.1, 0.15) is 36.8 Å². The van der Waals surface area contributed by atoms with Crippen LogP contribution < -0.4 is 10.6 Å². The number of nitrogens with one attached hydrogen (secondary N) is 2. The van der Waals surface area contributed by atoms with Gasteiger partial charge in [-0.2, -0.15) is 5.10 Å². The van der Waals surface area contributed by atoms with E-state index in [0.29, 0.717) is 0 Å². The summed E-state index contributed by atoms with van der Waals surface area (Å²) in [6.45, 7) is 1.63. The first-order valence-corrected chi connectivity index (χ1v) is 9.59. The molecular formula is C19H26BrN5. The molecule has 2 N–H and O–H groups in total. The van der Waals surface area contributed by atoms with Crippen LogP contribution in [0, 0.1) is 0 Å². The number of aryl methyl sites for hydroxylation is 1. The number of rotatable bonds is 5. The van der Waals surface area contributed by atoms with Crippen molar-refractivity contribution in [3.8, 4) is 0 Å². The normalized spacial score (nSPS) is 16.8. The summed E-state index contributed by atoms with van der Waals surface area (Å²) in [6, 6.07) is 8.79. The van der Waals surface area contributed by atoms with Crippen molar-refractivity contribution in [2.24, 2.45) is 12.0 Å². The molecule has 1 fully saturated rings. The second-order valence-electron chi connectivity index (χ2n) is 6.80. The van der Waals surface area contributed by atoms with Crippen LogP contribution in [-0.4, -0.2) is 29.3 Å². The van der Waals surface area contributed by atoms with E-state index in [9.17, 15) is 0 Å². The van der Waals surface area contributed by atoms with E-state index < -0.39 is 0 Å². The minimum atomic E-state index is 0.201. The monoisotopic (exact) mass is 403 g/mol. The maximum absolute atomic E-state index is 4.37. The first-order chi connectivity index (χ1) is 12.1. The first kappa shape index (κ1) is 18.0. The lowest BCUT2D eigenvalue weighted by atomic mass is 9.79. The zero-order chi connectivity index (χ0) is 17.7. The predicted octanol–water partition coefficient (Wildman–Crippen LogP) is 3.36. The predicted molar refractivity (Wildman–Crippen MR) is 106 cm³/mol. The Morgan fingerprint density at radius 1 is 1.24 bits per heavy atom. The van der Waals surface area contributed by atoms with Crippen LogP contribution in [0.5, 0.6) is 0 Å². The van der Waals surface area contributed by atoms with E-state index in [-0.39, 0.29) is 5.41 Å². The van der Waals surface area contributed by atoms with Crippen LogP contribution in [0.15, 0.2) is 46.1 Å². The lowest BCUT2D eigenvalue weighted by Crippen LogP contribution is -2.44. The van der Waals surface area contributed by atoms with Crippen LogP contribution in [0.25, 0.3) is 0 Å². The van der Waals surface area contributed by atoms with Gasteiger partial charge in [-0.3, -0.25) is 9.67 Å². The number of halogens is 1. The van der Waals surface area contributed by atoms with Crippen LogP contribution in [0.3, 0.4) is 0 Å². The Balaban J connectivity index is 1.63. The molecule has 0 aliphatic heterocycles. The van der Waals surface area contributed by atoms with Gasteiger partial charge in [0.05, 0.1) is 6.20 Å². The molecule has 25 heavy (non-hydrogen) atoms. The summed E-state index contributed by atoms with van der Waals surface area (Å²) in [5.41, 5.74) is 2.77. The van der Waals surface area contributed by atoms with E-state index in [1.54, 1.807) is 0 Å². The first-order valence-electron chi connectivity index (χ1n) is 8.79. The van der Waals surface area contributed by atoms with Crippen molar-refractivity contribution in [3.63, 3.8) is 0 Å². The molecule has 1 aromatic heterocycles. The van der Waals surface area contributed by atoms with Gasteiger partial charge in [-0.25, -0.2) is 0 Å². The van der Waals surface area contributed by atoms with Gasteiger partial charge in [-0.05, 0) is 30.5 Å². The Morgan fingerprint density at radius 3 is 2.56 bits per heavy atom. The number of nitrogens with zero attached hydrogens (tertiary/aromatic N) is 3. The topological polar surface area (TPSA) is 54.2 Å². The molecule has 0 saturated heterocycles. The third-order valence-electron chi connectivity index (χ3n) is 5.05. The lowest BCUT2D eigenvalue weighted by Gasteiger charge is -2.31. The molecule has 1 aliphatic carbocycles. The highest BCUT2D eigenvalue weighted by atomic mass is 79.9. The number of hydrogen-bond donors (Lipinski definition) is 2. The van der Waals surface area contributed by atoms with Crippen LogP contribution in [0.4, 0.5) is 0 Å². The number of benzene rings is 1. The number of aromatic nitrogens is 2. The number of guanidine groups is 1. The zero-order valence-corrected chi connectivity index (χ0v) is 16.5. The van der Waals surface area contributed by atoms with Gasteiger partial charge in [0.15, 0.2) is 5.96 Å². The van der Waals surface area contributed by atoms with Crippen molar-refractivity contribution in [3.05, 3.63) is 52.3 Å². The average molecular weight is 404 g/mol. The minimum absolute atomic E-state index is 0.201. The summed E-state index contributed by atoms with van der Waals surface area (Å²) in [5, 5.41) is 11.1. The van der Waals surface area contributed by atoms with Crippen molar-refractivity contribution in [2.75, 3.05) is 13.6 Å². The quantitative estimate of drug-likeness (QED) is 0.594. The number of hydrogen-bond acceptors (Lipinski definition) is 2. The highest BCUT2D eigenvalue weighted by Gasteiger charge is 2.35. The molecule has 1 aliphatic rings. The molecule has 0 spiro atoms. The fourth-order valence-electron chi connectivity index (χ4n) is 3.65. The van der Waals surface area contributed by atoms with E-state index in [1.807, 2.05) is 31.2 Å². The molecule has 1 saturated carbocycles. The maximum Gasteiger partial charge on any atom is 0.191 e. The van der Waals surface area contributed by atoms with E-state index in [0.717, 1.165) is 29.1 Å². The van der Waals surface area contributed by atoms with Gasteiger partial charge in [0.2, 0.25) is 0 Å². The smallest absolute Gasteiger partial charge is 0.191 e. The summed E-state index contributed by atoms with van der Waals surface area (Å²) in [7, 11) is 3.75. The molecule has 0 bridgehead atoms. The van der Waals surface area contributed by atoms with Crippen molar-refractivity contribution < 1.29 is 0 Å². The fraction of sp³-hybridized carbons (Fsp3) is 0.474.